The highest BCUT2D eigenvalue weighted by atomic mass is 16.6. The summed E-state index contributed by atoms with van der Waals surface area (Å²) in [6.45, 7) is 0. The molecule has 11 rings (SSSR count). The molecule has 0 amide bonds. The Morgan fingerprint density at radius 2 is 0.912 bits per heavy atom. The molecule has 0 unspecified atom stereocenters. The van der Waals surface area contributed by atoms with Gasteiger partial charge in [-0.1, -0.05) is 176 Å². The van der Waals surface area contributed by atoms with Crippen LogP contribution in [0.4, 0.5) is 0 Å². The number of para-hydroxylation sites is 1. The van der Waals surface area contributed by atoms with Crippen molar-refractivity contribution in [2.24, 2.45) is 0 Å². The number of ether oxygens (including phenoxy) is 2. The second-order valence-electron chi connectivity index (χ2n) is 14.5. The summed E-state index contributed by atoms with van der Waals surface area (Å²) in [7, 11) is 0. The Morgan fingerprint density at radius 3 is 1.65 bits per heavy atom. The van der Waals surface area contributed by atoms with Gasteiger partial charge in [0.1, 0.15) is 0 Å². The van der Waals surface area contributed by atoms with Gasteiger partial charge in [0.25, 0.3) is 0 Å². The van der Waals surface area contributed by atoms with E-state index in [-0.39, 0.29) is 0 Å². The molecule has 0 N–H and O–H groups in total. The third-order valence-electron chi connectivity index (χ3n) is 11.2. The van der Waals surface area contributed by atoms with Crippen LogP contribution < -0.4 is 9.47 Å². The molecule has 2 aliphatic rings. The summed E-state index contributed by atoms with van der Waals surface area (Å²) >= 11 is 0. The summed E-state index contributed by atoms with van der Waals surface area (Å²) in [5.74, 6) is 3.26. The van der Waals surface area contributed by atoms with E-state index in [9.17, 15) is 0 Å². The Hall–Kier alpha value is -7.56. The summed E-state index contributed by atoms with van der Waals surface area (Å²) in [6.07, 6.45) is 0. The Labute approximate surface area is 331 Å². The molecule has 0 saturated heterocycles. The molecule has 4 heteroatoms. The zero-order chi connectivity index (χ0) is 37.8. The van der Waals surface area contributed by atoms with Crippen LogP contribution in [0, 0.1) is 0 Å². The molecule has 0 spiro atoms. The van der Waals surface area contributed by atoms with Gasteiger partial charge in [-0.3, -0.25) is 0 Å². The number of aromatic nitrogens is 2. The first kappa shape index (κ1) is 32.8. The maximum atomic E-state index is 7.21. The number of hydrogen-bond donors (Lipinski definition) is 0. The number of hydrogen-bond acceptors (Lipinski definition) is 4. The lowest BCUT2D eigenvalue weighted by atomic mass is 9.68. The Bertz CT molecular complexity index is 2910. The van der Waals surface area contributed by atoms with Gasteiger partial charge in [0.2, 0.25) is 0 Å². The van der Waals surface area contributed by atoms with Crippen molar-refractivity contribution in [3.05, 3.63) is 229 Å². The number of nitrogens with zero attached hydrogens (tertiary/aromatic N) is 2. The summed E-state index contributed by atoms with van der Waals surface area (Å²) in [5, 5.41) is 0. The predicted octanol–water partition coefficient (Wildman–Crippen LogP) is 13.4. The fourth-order valence-corrected chi connectivity index (χ4v) is 8.73. The van der Waals surface area contributed by atoms with E-state index in [1.54, 1.807) is 0 Å². The van der Waals surface area contributed by atoms with Crippen molar-refractivity contribution in [3.8, 4) is 79.2 Å². The van der Waals surface area contributed by atoms with Crippen LogP contribution in [-0.2, 0) is 5.41 Å². The fourth-order valence-electron chi connectivity index (χ4n) is 8.73. The van der Waals surface area contributed by atoms with Crippen molar-refractivity contribution >= 4 is 0 Å². The lowest BCUT2D eigenvalue weighted by Crippen LogP contribution is -2.28. The minimum Gasteiger partial charge on any atom is -0.449 e. The standard InChI is InChI=1S/C53H34N2O2/c1-5-17-35(18-6-1)37-21-15-22-38(33-37)52-54-45(36-19-7-2-8-20-36)34-46(55-52)42-28-16-30-47-50(42)57-51-48(56-47)32-31-44-49(51)41-27-13-14-29-43(41)53(44,39-23-9-3-10-24-39)40-25-11-4-12-26-40/h1-34H. The minimum absolute atomic E-state index is 0.562. The zero-order valence-electron chi connectivity index (χ0n) is 30.8. The van der Waals surface area contributed by atoms with Crippen molar-refractivity contribution in [2.75, 3.05) is 0 Å². The highest BCUT2D eigenvalue weighted by molar-refractivity contribution is 5.92. The molecule has 1 aliphatic heterocycles. The molecule has 1 aromatic heterocycles. The third-order valence-corrected chi connectivity index (χ3v) is 11.2. The van der Waals surface area contributed by atoms with E-state index in [0.717, 1.165) is 55.9 Å². The van der Waals surface area contributed by atoms with Crippen LogP contribution in [0.2, 0.25) is 0 Å². The zero-order valence-corrected chi connectivity index (χ0v) is 30.8. The SMILES string of the molecule is c1ccc(-c2cccc(-c3nc(-c4ccccc4)cc(-c4cccc5c4Oc4c(ccc6c4-c4ccccc4C6(c4ccccc4)c4ccccc4)O5)n3)c2)cc1. The van der Waals surface area contributed by atoms with Gasteiger partial charge in [-0.25, -0.2) is 9.97 Å². The van der Waals surface area contributed by atoms with Crippen molar-refractivity contribution in [1.82, 2.24) is 9.97 Å². The maximum Gasteiger partial charge on any atom is 0.179 e. The third kappa shape index (κ3) is 5.30. The Balaban J connectivity index is 1.10. The molecule has 0 saturated carbocycles. The van der Waals surface area contributed by atoms with Crippen LogP contribution in [0.5, 0.6) is 23.0 Å². The van der Waals surface area contributed by atoms with Crippen LogP contribution in [0.15, 0.2) is 206 Å². The molecule has 0 bridgehead atoms. The summed E-state index contributed by atoms with van der Waals surface area (Å²) in [5.41, 5.74) is 12.9. The summed E-state index contributed by atoms with van der Waals surface area (Å²) in [6, 6.07) is 71.7. The van der Waals surface area contributed by atoms with Crippen molar-refractivity contribution in [3.63, 3.8) is 0 Å². The molecule has 1 aliphatic carbocycles. The van der Waals surface area contributed by atoms with E-state index in [4.69, 9.17) is 19.4 Å². The number of benzene rings is 8. The van der Waals surface area contributed by atoms with Crippen LogP contribution in [0.25, 0.3) is 56.2 Å². The molecule has 9 aromatic rings. The van der Waals surface area contributed by atoms with E-state index in [1.807, 2.05) is 36.4 Å². The lowest BCUT2D eigenvalue weighted by Gasteiger charge is -2.34. The molecular weight excluding hydrogens is 697 g/mol. The first-order valence-electron chi connectivity index (χ1n) is 19.2. The molecule has 0 radical (unpaired) electrons. The first-order valence-corrected chi connectivity index (χ1v) is 19.2. The molecule has 0 atom stereocenters. The molecule has 268 valence electrons. The second kappa shape index (κ2) is 13.3. The maximum absolute atomic E-state index is 7.21. The molecular formula is C53H34N2O2. The largest absolute Gasteiger partial charge is 0.449 e. The average molecular weight is 731 g/mol. The van der Waals surface area contributed by atoms with E-state index in [2.05, 4.69) is 170 Å². The lowest BCUT2D eigenvalue weighted by molar-refractivity contribution is 0.361. The highest BCUT2D eigenvalue weighted by Gasteiger charge is 2.48. The van der Waals surface area contributed by atoms with E-state index in [1.165, 1.54) is 16.7 Å². The monoisotopic (exact) mass is 730 g/mol. The van der Waals surface area contributed by atoms with Gasteiger partial charge in [0, 0.05) is 22.3 Å². The highest BCUT2D eigenvalue weighted by Crippen LogP contribution is 2.62. The van der Waals surface area contributed by atoms with Gasteiger partial charge in [-0.05, 0) is 69.3 Å². The van der Waals surface area contributed by atoms with Gasteiger partial charge < -0.3 is 9.47 Å². The molecule has 2 heterocycles. The van der Waals surface area contributed by atoms with Gasteiger partial charge in [0.05, 0.1) is 16.8 Å². The van der Waals surface area contributed by atoms with E-state index >= 15 is 0 Å². The topological polar surface area (TPSA) is 44.2 Å². The van der Waals surface area contributed by atoms with E-state index < -0.39 is 5.41 Å². The smallest absolute Gasteiger partial charge is 0.179 e. The Morgan fingerprint density at radius 1 is 0.351 bits per heavy atom. The quantitative estimate of drug-likeness (QED) is 0.171. The van der Waals surface area contributed by atoms with Gasteiger partial charge in [0.15, 0.2) is 28.8 Å². The minimum atomic E-state index is -0.562. The van der Waals surface area contributed by atoms with Crippen molar-refractivity contribution in [1.29, 1.82) is 0 Å². The molecule has 0 fully saturated rings. The van der Waals surface area contributed by atoms with Crippen LogP contribution in [0.1, 0.15) is 22.3 Å². The average Bonchev–Trinajstić information content (AvgIpc) is 3.61. The molecule has 57 heavy (non-hydrogen) atoms. The fraction of sp³-hybridized carbons (Fsp3) is 0.0189. The summed E-state index contributed by atoms with van der Waals surface area (Å²) < 4.78 is 14.0. The first-order chi connectivity index (χ1) is 28.3. The number of rotatable bonds is 6. The Kier molecular flexibility index (Phi) is 7.68. The second-order valence-corrected chi connectivity index (χ2v) is 14.5. The van der Waals surface area contributed by atoms with Crippen molar-refractivity contribution in [2.45, 2.75) is 5.41 Å². The number of fused-ring (bicyclic) bond motifs is 6. The van der Waals surface area contributed by atoms with Crippen LogP contribution >= 0.6 is 0 Å². The van der Waals surface area contributed by atoms with Gasteiger partial charge in [-0.2, -0.15) is 0 Å². The van der Waals surface area contributed by atoms with Crippen LogP contribution in [0.3, 0.4) is 0 Å². The molecule has 8 aromatic carbocycles. The van der Waals surface area contributed by atoms with Gasteiger partial charge in [-0.15, -0.1) is 0 Å². The predicted molar refractivity (Wildman–Crippen MR) is 228 cm³/mol. The van der Waals surface area contributed by atoms with Gasteiger partial charge >= 0.3 is 0 Å². The van der Waals surface area contributed by atoms with E-state index in [0.29, 0.717) is 28.8 Å². The summed E-state index contributed by atoms with van der Waals surface area (Å²) in [4.78, 5) is 10.4. The molecule has 4 nitrogen and oxygen atoms in total. The van der Waals surface area contributed by atoms with Crippen molar-refractivity contribution < 1.29 is 9.47 Å². The normalized spacial score (nSPS) is 13.0. The van der Waals surface area contributed by atoms with Crippen LogP contribution in [-0.4, -0.2) is 9.97 Å².